The summed E-state index contributed by atoms with van der Waals surface area (Å²) in [5.41, 5.74) is 0.282. The Balaban J connectivity index is 2.07. The molecule has 0 atom stereocenters. The lowest BCUT2D eigenvalue weighted by Crippen LogP contribution is -2.17. The SMILES string of the molecule is O=C(O)c1sc(-c2ccccc2)cc1NS(=O)(=O)c1c(F)cc(F)cc1F. The lowest BCUT2D eigenvalue weighted by molar-refractivity contribution is 0.0703. The van der Waals surface area contributed by atoms with Crippen LogP contribution in [0.2, 0.25) is 0 Å². The van der Waals surface area contributed by atoms with Gasteiger partial charge in [0, 0.05) is 17.0 Å². The number of rotatable bonds is 5. The van der Waals surface area contributed by atoms with Crippen LogP contribution in [0.1, 0.15) is 9.67 Å². The second kappa shape index (κ2) is 7.05. The van der Waals surface area contributed by atoms with Gasteiger partial charge in [0.1, 0.15) is 22.3 Å². The number of halogens is 3. The van der Waals surface area contributed by atoms with Crippen LogP contribution in [-0.2, 0) is 10.0 Å². The van der Waals surface area contributed by atoms with Gasteiger partial charge in [-0.3, -0.25) is 4.72 Å². The standard InChI is InChI=1S/C17H10F3NO4S2/c18-10-6-11(19)16(12(20)7-10)27(24,25)21-13-8-14(26-15(13)17(22)23)9-4-2-1-3-5-9/h1-8,21H,(H,22,23). The first-order chi connectivity index (χ1) is 12.7. The maximum absolute atomic E-state index is 13.8. The van der Waals surface area contributed by atoms with Crippen molar-refractivity contribution in [2.45, 2.75) is 4.90 Å². The van der Waals surface area contributed by atoms with Crippen LogP contribution >= 0.6 is 11.3 Å². The quantitative estimate of drug-likeness (QED) is 0.652. The van der Waals surface area contributed by atoms with Gasteiger partial charge >= 0.3 is 5.97 Å². The molecule has 2 aromatic carbocycles. The van der Waals surface area contributed by atoms with Crippen molar-refractivity contribution in [2.24, 2.45) is 0 Å². The molecule has 0 aliphatic carbocycles. The molecule has 0 saturated heterocycles. The highest BCUT2D eigenvalue weighted by Crippen LogP contribution is 2.36. The molecule has 3 aromatic rings. The van der Waals surface area contributed by atoms with Crippen molar-refractivity contribution < 1.29 is 31.5 Å². The predicted octanol–water partition coefficient (Wildman–Crippen LogP) is 4.33. The third-order valence-corrected chi connectivity index (χ3v) is 6.05. The number of aromatic carboxylic acids is 1. The van der Waals surface area contributed by atoms with Gasteiger partial charge in [-0.1, -0.05) is 30.3 Å². The van der Waals surface area contributed by atoms with E-state index < -0.39 is 38.3 Å². The first-order valence-corrected chi connectivity index (χ1v) is 9.59. The number of anilines is 1. The molecule has 0 amide bonds. The van der Waals surface area contributed by atoms with Crippen molar-refractivity contribution >= 4 is 33.0 Å². The zero-order chi connectivity index (χ0) is 19.8. The van der Waals surface area contributed by atoms with E-state index in [0.717, 1.165) is 11.3 Å². The van der Waals surface area contributed by atoms with E-state index in [2.05, 4.69) is 0 Å². The molecule has 0 aliphatic rings. The fourth-order valence-electron chi connectivity index (χ4n) is 2.35. The third-order valence-electron chi connectivity index (χ3n) is 3.46. The largest absolute Gasteiger partial charge is 0.477 e. The van der Waals surface area contributed by atoms with E-state index in [1.807, 2.05) is 4.72 Å². The van der Waals surface area contributed by atoms with E-state index in [4.69, 9.17) is 0 Å². The molecule has 1 aromatic heterocycles. The van der Waals surface area contributed by atoms with E-state index in [9.17, 15) is 31.5 Å². The number of carbonyl (C=O) groups is 1. The topological polar surface area (TPSA) is 83.5 Å². The van der Waals surface area contributed by atoms with Crippen molar-refractivity contribution in [3.8, 4) is 10.4 Å². The van der Waals surface area contributed by atoms with Crippen LogP contribution < -0.4 is 4.72 Å². The fourth-order valence-corrected chi connectivity index (χ4v) is 4.56. The van der Waals surface area contributed by atoms with E-state index in [0.29, 0.717) is 10.4 Å². The summed E-state index contributed by atoms with van der Waals surface area (Å²) in [5.74, 6) is -5.96. The van der Waals surface area contributed by atoms with Crippen LogP contribution in [0.4, 0.5) is 18.9 Å². The Labute approximate surface area is 155 Å². The molecule has 0 radical (unpaired) electrons. The second-order valence-electron chi connectivity index (χ2n) is 5.33. The number of nitrogens with one attached hydrogen (secondary N) is 1. The molecule has 140 valence electrons. The molecule has 0 spiro atoms. The van der Waals surface area contributed by atoms with Gasteiger partial charge in [-0.2, -0.15) is 0 Å². The summed E-state index contributed by atoms with van der Waals surface area (Å²) in [5, 5.41) is 9.32. The normalized spacial score (nSPS) is 11.4. The molecule has 27 heavy (non-hydrogen) atoms. The zero-order valence-electron chi connectivity index (χ0n) is 13.2. The molecule has 0 fully saturated rings. The number of sulfonamides is 1. The van der Waals surface area contributed by atoms with Crippen LogP contribution in [0.25, 0.3) is 10.4 Å². The molecule has 2 N–H and O–H groups in total. The van der Waals surface area contributed by atoms with Crippen molar-refractivity contribution in [3.05, 3.63) is 70.9 Å². The Morgan fingerprint density at radius 2 is 1.59 bits per heavy atom. The van der Waals surface area contributed by atoms with Gasteiger partial charge in [0.2, 0.25) is 0 Å². The highest BCUT2D eigenvalue weighted by molar-refractivity contribution is 7.92. The average Bonchev–Trinajstić information content (AvgIpc) is 2.97. The van der Waals surface area contributed by atoms with Crippen molar-refractivity contribution in [1.29, 1.82) is 0 Å². The summed E-state index contributed by atoms with van der Waals surface area (Å²) in [4.78, 5) is 10.1. The zero-order valence-corrected chi connectivity index (χ0v) is 14.9. The fraction of sp³-hybridized carbons (Fsp3) is 0. The summed E-state index contributed by atoms with van der Waals surface area (Å²) in [6, 6.07) is 10.2. The van der Waals surface area contributed by atoms with Crippen molar-refractivity contribution in [3.63, 3.8) is 0 Å². The average molecular weight is 413 g/mol. The molecular formula is C17H10F3NO4S2. The van der Waals surface area contributed by atoms with Gasteiger partial charge < -0.3 is 5.11 Å². The maximum atomic E-state index is 13.8. The van der Waals surface area contributed by atoms with E-state index in [1.54, 1.807) is 30.3 Å². The molecule has 0 aliphatic heterocycles. The van der Waals surface area contributed by atoms with Crippen LogP contribution in [0.3, 0.4) is 0 Å². The number of benzene rings is 2. The Morgan fingerprint density at radius 3 is 2.15 bits per heavy atom. The Hall–Kier alpha value is -2.85. The molecule has 0 saturated carbocycles. The Morgan fingerprint density at radius 1 is 1.00 bits per heavy atom. The highest BCUT2D eigenvalue weighted by atomic mass is 32.2. The molecule has 5 nitrogen and oxygen atoms in total. The Bertz CT molecular complexity index is 1110. The Kier molecular flexibility index (Phi) is 4.94. The van der Waals surface area contributed by atoms with E-state index in [1.165, 1.54) is 6.07 Å². The first kappa shape index (κ1) is 18.9. The number of hydrogen-bond donors (Lipinski definition) is 2. The van der Waals surface area contributed by atoms with E-state index in [-0.39, 0.29) is 22.7 Å². The molecule has 10 heteroatoms. The molecule has 0 unspecified atom stereocenters. The lowest BCUT2D eigenvalue weighted by atomic mass is 10.2. The van der Waals surface area contributed by atoms with Crippen LogP contribution in [-0.4, -0.2) is 19.5 Å². The number of carboxylic acid groups (broad SMARTS) is 1. The molecule has 1 heterocycles. The highest BCUT2D eigenvalue weighted by Gasteiger charge is 2.28. The van der Waals surface area contributed by atoms with Gasteiger partial charge in [-0.25, -0.2) is 26.4 Å². The minimum absolute atomic E-state index is 0.221. The van der Waals surface area contributed by atoms with Gasteiger partial charge in [0.15, 0.2) is 4.90 Å². The minimum Gasteiger partial charge on any atom is -0.477 e. The molecular weight excluding hydrogens is 403 g/mol. The van der Waals surface area contributed by atoms with Crippen LogP contribution in [0.15, 0.2) is 53.4 Å². The number of carboxylic acids is 1. The predicted molar refractivity (Wildman–Crippen MR) is 93.8 cm³/mol. The van der Waals surface area contributed by atoms with Crippen molar-refractivity contribution in [2.75, 3.05) is 4.72 Å². The maximum Gasteiger partial charge on any atom is 0.348 e. The lowest BCUT2D eigenvalue weighted by Gasteiger charge is -2.09. The first-order valence-electron chi connectivity index (χ1n) is 7.29. The summed E-state index contributed by atoms with van der Waals surface area (Å²) in [7, 11) is -4.84. The summed E-state index contributed by atoms with van der Waals surface area (Å²) >= 11 is 0.793. The van der Waals surface area contributed by atoms with Gasteiger partial charge in [-0.05, 0) is 11.6 Å². The van der Waals surface area contributed by atoms with Gasteiger partial charge in [0.05, 0.1) is 5.69 Å². The van der Waals surface area contributed by atoms with Crippen molar-refractivity contribution in [1.82, 2.24) is 0 Å². The van der Waals surface area contributed by atoms with Gasteiger partial charge in [-0.15, -0.1) is 11.3 Å². The summed E-state index contributed by atoms with van der Waals surface area (Å²) in [6.45, 7) is 0. The number of thiophene rings is 1. The molecule has 3 rings (SSSR count). The smallest absolute Gasteiger partial charge is 0.348 e. The summed E-state index contributed by atoms with van der Waals surface area (Å²) < 4.78 is 67.3. The monoisotopic (exact) mass is 413 g/mol. The summed E-state index contributed by atoms with van der Waals surface area (Å²) in [6.07, 6.45) is 0. The van der Waals surface area contributed by atoms with E-state index >= 15 is 0 Å². The molecule has 0 bridgehead atoms. The van der Waals surface area contributed by atoms with Crippen LogP contribution in [0, 0.1) is 17.5 Å². The number of hydrogen-bond acceptors (Lipinski definition) is 4. The van der Waals surface area contributed by atoms with Crippen LogP contribution in [0.5, 0.6) is 0 Å². The minimum atomic E-state index is -4.84. The second-order valence-corrected chi connectivity index (χ2v) is 8.00. The third kappa shape index (κ3) is 3.81. The van der Waals surface area contributed by atoms with Gasteiger partial charge in [0.25, 0.3) is 10.0 Å².